The molecule has 0 spiro atoms. The normalized spacial score (nSPS) is 24.0. The summed E-state index contributed by atoms with van der Waals surface area (Å²) in [5, 5.41) is 0. The summed E-state index contributed by atoms with van der Waals surface area (Å²) >= 11 is 0. The van der Waals surface area contributed by atoms with Crippen LogP contribution in [0.5, 0.6) is 0 Å². The van der Waals surface area contributed by atoms with E-state index in [4.69, 9.17) is 0 Å². The zero-order valence-corrected chi connectivity index (χ0v) is 16.5. The van der Waals surface area contributed by atoms with E-state index in [1.165, 1.54) is 50.5 Å². The van der Waals surface area contributed by atoms with Crippen LogP contribution < -0.4 is 0 Å². The number of piperazine rings is 1. The lowest BCUT2D eigenvalue weighted by Gasteiger charge is -2.44. The summed E-state index contributed by atoms with van der Waals surface area (Å²) in [6.07, 6.45) is 16.7. The van der Waals surface area contributed by atoms with Gasteiger partial charge in [-0.2, -0.15) is 0 Å². The van der Waals surface area contributed by atoms with Crippen LogP contribution in [0.25, 0.3) is 0 Å². The largest absolute Gasteiger partial charge is 0.297 e. The predicted molar refractivity (Wildman–Crippen MR) is 110 cm³/mol. The molecule has 0 N–H and O–H groups in total. The van der Waals surface area contributed by atoms with Crippen LogP contribution in [0, 0.1) is 11.7 Å². The van der Waals surface area contributed by atoms with Crippen molar-refractivity contribution < 1.29 is 4.39 Å². The Morgan fingerprint density at radius 1 is 0.926 bits per heavy atom. The van der Waals surface area contributed by atoms with Gasteiger partial charge >= 0.3 is 0 Å². The molecule has 1 aromatic rings. The molecule has 0 bridgehead atoms. The molecular weight excluding hydrogens is 335 g/mol. The van der Waals surface area contributed by atoms with Crippen molar-refractivity contribution in [3.63, 3.8) is 0 Å². The Bertz CT molecular complexity index is 649. The molecule has 1 aliphatic heterocycles. The van der Waals surface area contributed by atoms with Gasteiger partial charge in [-0.15, -0.1) is 0 Å². The first-order valence-electron chi connectivity index (χ1n) is 10.9. The monoisotopic (exact) mass is 368 g/mol. The van der Waals surface area contributed by atoms with Crippen molar-refractivity contribution in [1.29, 1.82) is 0 Å². The summed E-state index contributed by atoms with van der Waals surface area (Å²) in [5.41, 5.74) is 2.80. The van der Waals surface area contributed by atoms with Gasteiger partial charge in [-0.05, 0) is 54.9 Å². The molecule has 3 aliphatic rings. The third-order valence-corrected chi connectivity index (χ3v) is 6.58. The average Bonchev–Trinajstić information content (AvgIpc) is 2.73. The van der Waals surface area contributed by atoms with Crippen LogP contribution >= 0.6 is 0 Å². The number of hydrogen-bond donors (Lipinski definition) is 0. The molecule has 0 aromatic heterocycles. The zero-order chi connectivity index (χ0) is 18.5. The average molecular weight is 369 g/mol. The molecular formula is C24H33FN2. The third kappa shape index (κ3) is 4.89. The van der Waals surface area contributed by atoms with Crippen molar-refractivity contribution in [2.45, 2.75) is 57.5 Å². The summed E-state index contributed by atoms with van der Waals surface area (Å²) < 4.78 is 13.1. The number of allylic oxidation sites excluding steroid dienone is 2. The molecule has 27 heavy (non-hydrogen) atoms. The Kier molecular flexibility index (Phi) is 6.41. The Hall–Kier alpha value is -1.45. The number of benzene rings is 1. The summed E-state index contributed by atoms with van der Waals surface area (Å²) in [6, 6.07) is 7.61. The number of halogens is 1. The fraction of sp³-hybridized carbons (Fsp3) is 0.583. The molecule has 2 aliphatic carbocycles. The second-order valence-electron chi connectivity index (χ2n) is 8.47. The first-order valence-corrected chi connectivity index (χ1v) is 10.9. The number of nitrogens with zero attached hydrogens (tertiary/aromatic N) is 2. The summed E-state index contributed by atoms with van der Waals surface area (Å²) in [6.45, 7) is 5.45. The van der Waals surface area contributed by atoms with Crippen LogP contribution in [0.1, 0.15) is 50.5 Å². The van der Waals surface area contributed by atoms with Gasteiger partial charge in [0.15, 0.2) is 0 Å². The molecule has 1 aromatic carbocycles. The quantitative estimate of drug-likeness (QED) is 0.707. The molecule has 146 valence electrons. The van der Waals surface area contributed by atoms with Crippen molar-refractivity contribution >= 4 is 0 Å². The molecule has 1 heterocycles. The van der Waals surface area contributed by atoms with E-state index in [0.717, 1.165) is 38.6 Å². The maximum absolute atomic E-state index is 13.1. The lowest BCUT2D eigenvalue weighted by Crippen LogP contribution is -2.52. The highest BCUT2D eigenvalue weighted by Gasteiger charge is 2.32. The molecule has 1 atom stereocenters. The van der Waals surface area contributed by atoms with E-state index < -0.39 is 0 Å². The first kappa shape index (κ1) is 18.9. The van der Waals surface area contributed by atoms with E-state index in [1.54, 1.807) is 17.7 Å². The molecule has 1 saturated heterocycles. The van der Waals surface area contributed by atoms with Gasteiger partial charge in [0, 0.05) is 38.8 Å². The number of rotatable bonds is 5. The van der Waals surface area contributed by atoms with E-state index in [9.17, 15) is 4.39 Å². The van der Waals surface area contributed by atoms with E-state index in [-0.39, 0.29) is 5.82 Å². The molecule has 0 amide bonds. The Labute approximate surface area is 163 Å². The van der Waals surface area contributed by atoms with Crippen molar-refractivity contribution in [3.8, 4) is 0 Å². The highest BCUT2D eigenvalue weighted by Crippen LogP contribution is 2.34. The summed E-state index contributed by atoms with van der Waals surface area (Å²) in [7, 11) is 0. The third-order valence-electron chi connectivity index (χ3n) is 6.58. The minimum atomic E-state index is -0.146. The molecule has 3 heteroatoms. The SMILES string of the molecule is Fc1ccc(CN2CCN(C(C3=CCCC=C3)C3CCCCC3)CC2)cc1. The van der Waals surface area contributed by atoms with E-state index >= 15 is 0 Å². The Morgan fingerprint density at radius 3 is 2.33 bits per heavy atom. The van der Waals surface area contributed by atoms with Crippen LogP contribution in [-0.4, -0.2) is 42.0 Å². The fourth-order valence-corrected chi connectivity index (χ4v) is 5.13. The van der Waals surface area contributed by atoms with Gasteiger partial charge in [-0.3, -0.25) is 9.80 Å². The first-order chi connectivity index (χ1) is 13.3. The highest BCUT2D eigenvalue weighted by atomic mass is 19.1. The van der Waals surface area contributed by atoms with Gasteiger partial charge in [-0.1, -0.05) is 49.6 Å². The summed E-state index contributed by atoms with van der Waals surface area (Å²) in [5.74, 6) is 0.684. The second-order valence-corrected chi connectivity index (χ2v) is 8.47. The molecule has 4 rings (SSSR count). The number of hydrogen-bond acceptors (Lipinski definition) is 2. The summed E-state index contributed by atoms with van der Waals surface area (Å²) in [4.78, 5) is 5.28. The maximum Gasteiger partial charge on any atom is 0.123 e. The topological polar surface area (TPSA) is 6.48 Å². The van der Waals surface area contributed by atoms with Gasteiger partial charge in [0.25, 0.3) is 0 Å². The van der Waals surface area contributed by atoms with Crippen LogP contribution in [-0.2, 0) is 6.54 Å². The Morgan fingerprint density at radius 2 is 1.67 bits per heavy atom. The Balaban J connectivity index is 1.39. The lowest BCUT2D eigenvalue weighted by molar-refractivity contribution is 0.0722. The zero-order valence-electron chi connectivity index (χ0n) is 16.5. The minimum Gasteiger partial charge on any atom is -0.297 e. The van der Waals surface area contributed by atoms with Crippen molar-refractivity contribution in [1.82, 2.24) is 9.80 Å². The van der Waals surface area contributed by atoms with Crippen LogP contribution in [0.15, 0.2) is 48.1 Å². The second kappa shape index (κ2) is 9.16. The maximum atomic E-state index is 13.1. The van der Waals surface area contributed by atoms with E-state index in [1.807, 2.05) is 12.1 Å². The minimum absolute atomic E-state index is 0.146. The molecule has 2 nitrogen and oxygen atoms in total. The highest BCUT2D eigenvalue weighted by molar-refractivity contribution is 5.29. The van der Waals surface area contributed by atoms with Crippen molar-refractivity contribution in [3.05, 3.63) is 59.4 Å². The van der Waals surface area contributed by atoms with Gasteiger partial charge in [0.05, 0.1) is 0 Å². The molecule has 2 fully saturated rings. The van der Waals surface area contributed by atoms with Crippen LogP contribution in [0.4, 0.5) is 4.39 Å². The van der Waals surface area contributed by atoms with Crippen LogP contribution in [0.3, 0.4) is 0 Å². The van der Waals surface area contributed by atoms with Crippen molar-refractivity contribution in [2.24, 2.45) is 5.92 Å². The van der Waals surface area contributed by atoms with E-state index in [2.05, 4.69) is 28.0 Å². The smallest absolute Gasteiger partial charge is 0.123 e. The van der Waals surface area contributed by atoms with Gasteiger partial charge < -0.3 is 0 Å². The van der Waals surface area contributed by atoms with Gasteiger partial charge in [0.2, 0.25) is 0 Å². The van der Waals surface area contributed by atoms with Gasteiger partial charge in [-0.25, -0.2) is 4.39 Å². The standard InChI is InChI=1S/C24H33FN2/c25-23-13-11-20(12-14-23)19-26-15-17-27(18-16-26)24(21-7-3-1-4-8-21)22-9-5-2-6-10-22/h3,7-8,11-14,22,24H,1-2,4-6,9-10,15-19H2. The van der Waals surface area contributed by atoms with Crippen LogP contribution in [0.2, 0.25) is 0 Å². The van der Waals surface area contributed by atoms with Gasteiger partial charge in [0.1, 0.15) is 5.82 Å². The molecule has 1 saturated carbocycles. The fourth-order valence-electron chi connectivity index (χ4n) is 5.13. The predicted octanol–water partition coefficient (Wildman–Crippen LogP) is 5.17. The van der Waals surface area contributed by atoms with E-state index in [0.29, 0.717) is 6.04 Å². The molecule has 0 radical (unpaired) electrons. The lowest BCUT2D eigenvalue weighted by atomic mass is 9.79. The molecule has 1 unspecified atom stereocenters. The van der Waals surface area contributed by atoms with Crippen molar-refractivity contribution in [2.75, 3.05) is 26.2 Å².